The van der Waals surface area contributed by atoms with E-state index >= 15 is 0 Å². The van der Waals surface area contributed by atoms with Crippen molar-refractivity contribution >= 4 is 34.5 Å². The van der Waals surface area contributed by atoms with Gasteiger partial charge in [-0.2, -0.15) is 9.97 Å². The van der Waals surface area contributed by atoms with Crippen LogP contribution in [-0.4, -0.2) is 50.0 Å². The highest BCUT2D eigenvalue weighted by molar-refractivity contribution is 5.86. The van der Waals surface area contributed by atoms with Gasteiger partial charge in [-0.1, -0.05) is 42.5 Å². The Morgan fingerprint density at radius 2 is 1.59 bits per heavy atom. The van der Waals surface area contributed by atoms with E-state index in [2.05, 4.69) is 34.5 Å². The summed E-state index contributed by atoms with van der Waals surface area (Å²) in [5.74, 6) is 3.08. The molecule has 0 radical (unpaired) electrons. The summed E-state index contributed by atoms with van der Waals surface area (Å²) < 4.78 is 7.99. The molecule has 1 saturated heterocycles. The van der Waals surface area contributed by atoms with Crippen molar-refractivity contribution in [3.05, 3.63) is 96.3 Å². The van der Waals surface area contributed by atoms with Gasteiger partial charge in [0.2, 0.25) is 11.9 Å². The summed E-state index contributed by atoms with van der Waals surface area (Å²) in [7, 11) is 0. The molecule has 0 unspecified atom stereocenters. The lowest BCUT2D eigenvalue weighted by Gasteiger charge is -2.29. The van der Waals surface area contributed by atoms with Crippen LogP contribution in [0.1, 0.15) is 24.0 Å². The van der Waals surface area contributed by atoms with E-state index in [1.807, 2.05) is 64.1 Å². The van der Waals surface area contributed by atoms with E-state index in [1.54, 1.807) is 6.33 Å². The number of anilines is 3. The highest BCUT2D eigenvalue weighted by Gasteiger charge is 2.23. The zero-order valence-electron chi connectivity index (χ0n) is 22.7. The Morgan fingerprint density at radius 1 is 0.805 bits per heavy atom. The monoisotopic (exact) mass is 545 g/mol. The second-order valence-corrected chi connectivity index (χ2v) is 10.5. The molecule has 7 rings (SSSR count). The zero-order chi connectivity index (χ0) is 27.6. The van der Waals surface area contributed by atoms with Crippen LogP contribution in [0.3, 0.4) is 0 Å². The van der Waals surface area contributed by atoms with Crippen molar-refractivity contribution in [3.8, 4) is 11.5 Å². The van der Waals surface area contributed by atoms with Crippen LogP contribution in [-0.2, 0) is 24.3 Å². The summed E-state index contributed by atoms with van der Waals surface area (Å²) in [4.78, 5) is 31.0. The van der Waals surface area contributed by atoms with E-state index in [-0.39, 0.29) is 5.91 Å². The number of rotatable bonds is 8. The number of hydrogen-bond donors (Lipinski definition) is 1. The molecule has 1 N–H and O–H groups in total. The minimum atomic E-state index is 0.221. The molecule has 2 aromatic heterocycles. The Labute approximate surface area is 238 Å². The van der Waals surface area contributed by atoms with E-state index in [4.69, 9.17) is 19.7 Å². The number of para-hydroxylation sites is 1. The Bertz CT molecular complexity index is 1680. The number of hydrogen-bond acceptors (Lipinski definition) is 7. The molecule has 0 spiro atoms. The van der Waals surface area contributed by atoms with Gasteiger partial charge >= 0.3 is 0 Å². The Hall–Kier alpha value is -4.92. The smallest absolute Gasteiger partial charge is 0.229 e. The average molecular weight is 546 g/mol. The summed E-state index contributed by atoms with van der Waals surface area (Å²) >= 11 is 0. The van der Waals surface area contributed by atoms with Crippen molar-refractivity contribution in [2.45, 2.75) is 32.4 Å². The number of imidazole rings is 1. The Balaban J connectivity index is 1.19. The lowest BCUT2D eigenvalue weighted by Crippen LogP contribution is -2.32. The van der Waals surface area contributed by atoms with Crippen LogP contribution < -0.4 is 15.0 Å². The molecule has 2 aliphatic rings. The van der Waals surface area contributed by atoms with Gasteiger partial charge in [-0.3, -0.25) is 4.79 Å². The average Bonchev–Trinajstić information content (AvgIpc) is 3.62. The molecule has 1 amide bonds. The van der Waals surface area contributed by atoms with Crippen molar-refractivity contribution in [2.24, 2.45) is 0 Å². The fourth-order valence-electron chi connectivity index (χ4n) is 5.53. The molecule has 2 aliphatic heterocycles. The van der Waals surface area contributed by atoms with Gasteiger partial charge in [0.05, 0.1) is 6.33 Å². The van der Waals surface area contributed by atoms with Crippen LogP contribution in [0.4, 0.5) is 17.5 Å². The van der Waals surface area contributed by atoms with Gasteiger partial charge in [-0.25, -0.2) is 4.98 Å². The predicted octanol–water partition coefficient (Wildman–Crippen LogP) is 5.55. The number of carbonyl (C=O) groups is 1. The Morgan fingerprint density at radius 3 is 2.39 bits per heavy atom. The van der Waals surface area contributed by atoms with Crippen molar-refractivity contribution < 1.29 is 9.53 Å². The van der Waals surface area contributed by atoms with Gasteiger partial charge in [-0.15, -0.1) is 0 Å². The van der Waals surface area contributed by atoms with Crippen molar-refractivity contribution in [1.29, 1.82) is 0 Å². The van der Waals surface area contributed by atoms with Gasteiger partial charge in [0, 0.05) is 44.8 Å². The molecule has 0 atom stereocenters. The number of benzene rings is 3. The second kappa shape index (κ2) is 10.9. The quantitative estimate of drug-likeness (QED) is 0.274. The van der Waals surface area contributed by atoms with E-state index in [1.165, 1.54) is 11.1 Å². The molecular weight excluding hydrogens is 514 g/mol. The number of ether oxygens (including phenoxy) is 1. The number of fused-ring (bicyclic) bond motifs is 2. The summed E-state index contributed by atoms with van der Waals surface area (Å²) in [5.41, 5.74) is 5.00. The van der Waals surface area contributed by atoms with E-state index < -0.39 is 0 Å². The maximum atomic E-state index is 12.2. The van der Waals surface area contributed by atoms with Crippen LogP contribution in [0.2, 0.25) is 0 Å². The highest BCUT2D eigenvalue weighted by Crippen LogP contribution is 2.30. The van der Waals surface area contributed by atoms with E-state index in [9.17, 15) is 4.79 Å². The largest absolute Gasteiger partial charge is 0.457 e. The van der Waals surface area contributed by atoms with Crippen molar-refractivity contribution in [1.82, 2.24) is 24.4 Å². The first-order valence-corrected chi connectivity index (χ1v) is 14.1. The van der Waals surface area contributed by atoms with Crippen LogP contribution in [0.25, 0.3) is 11.2 Å². The van der Waals surface area contributed by atoms with Gasteiger partial charge in [0.25, 0.3) is 0 Å². The van der Waals surface area contributed by atoms with Gasteiger partial charge in [0.1, 0.15) is 11.5 Å². The summed E-state index contributed by atoms with van der Waals surface area (Å²) in [5, 5.41) is 3.48. The first-order valence-electron chi connectivity index (χ1n) is 14.1. The van der Waals surface area contributed by atoms with Crippen LogP contribution in [0, 0.1) is 0 Å². The molecule has 9 nitrogen and oxygen atoms in total. The fraction of sp³-hybridized carbons (Fsp3) is 0.250. The number of nitrogens with zero attached hydrogens (tertiary/aromatic N) is 6. The lowest BCUT2D eigenvalue weighted by atomic mass is 10.0. The topological polar surface area (TPSA) is 88.4 Å². The fourth-order valence-corrected chi connectivity index (χ4v) is 5.53. The molecule has 0 aliphatic carbocycles. The SMILES string of the molecule is O=C1CCCN1CCn1cnc2c(Nc3ccc(Oc4ccccc4)cc3)nc(N3CCc4ccccc4C3)nc21. The minimum Gasteiger partial charge on any atom is -0.457 e. The number of nitrogens with one attached hydrogen (secondary N) is 1. The second-order valence-electron chi connectivity index (χ2n) is 10.5. The van der Waals surface area contributed by atoms with Gasteiger partial charge in [0.15, 0.2) is 17.0 Å². The number of carbonyl (C=O) groups excluding carboxylic acids is 1. The molecular formula is C32H31N7O2. The number of likely N-dealkylation sites (tertiary alicyclic amines) is 1. The maximum Gasteiger partial charge on any atom is 0.229 e. The standard InChI is InChI=1S/C32H31N7O2/c40-28-11-6-17-37(28)19-20-39-22-33-29-30(34-25-12-14-27(15-13-25)41-26-9-2-1-3-10-26)35-32(36-31(29)39)38-18-16-23-7-4-5-8-24(23)21-38/h1-5,7-10,12-15,22H,6,11,16-21H2,(H,34,35,36). The van der Waals surface area contributed by atoms with Crippen LogP contribution in [0.15, 0.2) is 85.2 Å². The first kappa shape index (κ1) is 25.1. The number of amides is 1. The van der Waals surface area contributed by atoms with Gasteiger partial charge in [-0.05, 0) is 60.4 Å². The third-order valence-corrected chi connectivity index (χ3v) is 7.74. The molecule has 4 heterocycles. The molecule has 9 heteroatoms. The van der Waals surface area contributed by atoms with Crippen molar-refractivity contribution in [3.63, 3.8) is 0 Å². The predicted molar refractivity (Wildman–Crippen MR) is 159 cm³/mol. The maximum absolute atomic E-state index is 12.2. The molecule has 1 fully saturated rings. The molecule has 3 aromatic carbocycles. The summed E-state index contributed by atoms with van der Waals surface area (Å²) in [6, 6.07) is 26.1. The zero-order valence-corrected chi connectivity index (χ0v) is 22.7. The lowest BCUT2D eigenvalue weighted by molar-refractivity contribution is -0.127. The minimum absolute atomic E-state index is 0.221. The molecule has 0 bridgehead atoms. The summed E-state index contributed by atoms with van der Waals surface area (Å²) in [6.07, 6.45) is 4.31. The Kier molecular flexibility index (Phi) is 6.68. The van der Waals surface area contributed by atoms with E-state index in [0.717, 1.165) is 55.3 Å². The number of aromatic nitrogens is 4. The molecule has 0 saturated carbocycles. The third-order valence-electron chi connectivity index (χ3n) is 7.74. The molecule has 206 valence electrons. The third kappa shape index (κ3) is 5.30. The van der Waals surface area contributed by atoms with Crippen LogP contribution >= 0.6 is 0 Å². The van der Waals surface area contributed by atoms with Crippen molar-refractivity contribution in [2.75, 3.05) is 29.9 Å². The molecule has 5 aromatic rings. The normalized spacial score (nSPS) is 14.9. The highest BCUT2D eigenvalue weighted by atomic mass is 16.5. The summed E-state index contributed by atoms with van der Waals surface area (Å²) in [6.45, 7) is 3.68. The first-order chi connectivity index (χ1) is 20.2. The van der Waals surface area contributed by atoms with Gasteiger partial charge < -0.3 is 24.4 Å². The van der Waals surface area contributed by atoms with E-state index in [0.29, 0.717) is 36.8 Å². The van der Waals surface area contributed by atoms with Crippen LogP contribution in [0.5, 0.6) is 11.5 Å². The molecule has 41 heavy (non-hydrogen) atoms.